The maximum absolute atomic E-state index is 11.8. The number of terminal acetylenes is 1. The standard InChI is InChI=1S/C25H26N2O3S/c1-5-16-27(18(2)17-25(28)30-4)22-15-14-21(19-10-6-7-11-20(19)22)26-31-24-13-9-8-12-23(24)29-3/h1,6-15,18,26H,16-17H2,2-4H3/t18-/m0/s1. The van der Waals surface area contributed by atoms with E-state index in [4.69, 9.17) is 15.9 Å². The van der Waals surface area contributed by atoms with Crippen LogP contribution in [-0.4, -0.2) is 32.8 Å². The van der Waals surface area contributed by atoms with E-state index in [1.165, 1.54) is 19.1 Å². The molecule has 0 aliphatic rings. The zero-order valence-corrected chi connectivity index (χ0v) is 18.7. The highest BCUT2D eigenvalue weighted by Crippen LogP contribution is 2.37. The van der Waals surface area contributed by atoms with Crippen LogP contribution in [0.3, 0.4) is 0 Å². The van der Waals surface area contributed by atoms with Gasteiger partial charge in [-0.3, -0.25) is 4.79 Å². The maximum atomic E-state index is 11.8. The molecule has 0 saturated carbocycles. The van der Waals surface area contributed by atoms with Gasteiger partial charge in [0.2, 0.25) is 0 Å². The summed E-state index contributed by atoms with van der Waals surface area (Å²) in [4.78, 5) is 14.9. The fraction of sp³-hybridized carbons (Fsp3) is 0.240. The van der Waals surface area contributed by atoms with Gasteiger partial charge in [-0.05, 0) is 43.1 Å². The number of ether oxygens (including phenoxy) is 2. The van der Waals surface area contributed by atoms with E-state index in [9.17, 15) is 4.79 Å². The Bertz CT molecular complexity index is 1090. The lowest BCUT2D eigenvalue weighted by Crippen LogP contribution is -2.35. The van der Waals surface area contributed by atoms with Gasteiger partial charge in [0.05, 0.1) is 37.8 Å². The van der Waals surface area contributed by atoms with E-state index < -0.39 is 0 Å². The van der Waals surface area contributed by atoms with E-state index in [2.05, 4.69) is 27.7 Å². The van der Waals surface area contributed by atoms with Gasteiger partial charge >= 0.3 is 5.97 Å². The molecule has 6 heteroatoms. The summed E-state index contributed by atoms with van der Waals surface area (Å²) in [6, 6.07) is 20.0. The second-order valence-electron chi connectivity index (χ2n) is 6.99. The van der Waals surface area contributed by atoms with E-state index >= 15 is 0 Å². The second-order valence-corrected chi connectivity index (χ2v) is 7.84. The number of hydrogen-bond acceptors (Lipinski definition) is 6. The van der Waals surface area contributed by atoms with Crippen LogP contribution in [0.2, 0.25) is 0 Å². The zero-order valence-electron chi connectivity index (χ0n) is 17.9. The Morgan fingerprint density at radius 2 is 1.81 bits per heavy atom. The van der Waals surface area contributed by atoms with Crippen molar-refractivity contribution in [1.82, 2.24) is 0 Å². The molecule has 5 nitrogen and oxygen atoms in total. The first kappa shape index (κ1) is 22.4. The Kier molecular flexibility index (Phi) is 7.69. The minimum atomic E-state index is -0.259. The van der Waals surface area contributed by atoms with Crippen molar-refractivity contribution < 1.29 is 14.3 Å². The largest absolute Gasteiger partial charge is 0.496 e. The zero-order chi connectivity index (χ0) is 22.2. The minimum Gasteiger partial charge on any atom is -0.496 e. The highest BCUT2D eigenvalue weighted by Gasteiger charge is 2.20. The van der Waals surface area contributed by atoms with Crippen molar-refractivity contribution in [3.63, 3.8) is 0 Å². The predicted molar refractivity (Wildman–Crippen MR) is 129 cm³/mol. The summed E-state index contributed by atoms with van der Waals surface area (Å²) in [6.45, 7) is 2.37. The molecular weight excluding hydrogens is 408 g/mol. The molecule has 0 bridgehead atoms. The SMILES string of the molecule is C#CCN(c1ccc(NSc2ccccc2OC)c2ccccc12)[C@@H](C)CC(=O)OC. The number of carbonyl (C=O) groups excluding carboxylic acids is 1. The topological polar surface area (TPSA) is 50.8 Å². The van der Waals surface area contributed by atoms with Crippen molar-refractivity contribution in [2.24, 2.45) is 0 Å². The van der Waals surface area contributed by atoms with Gasteiger partial charge in [0.1, 0.15) is 5.75 Å². The monoisotopic (exact) mass is 434 g/mol. The lowest BCUT2D eigenvalue weighted by molar-refractivity contribution is -0.140. The number of carbonyl (C=O) groups is 1. The van der Waals surface area contributed by atoms with Crippen LogP contribution in [0.1, 0.15) is 13.3 Å². The molecule has 0 heterocycles. The summed E-state index contributed by atoms with van der Waals surface area (Å²) >= 11 is 1.50. The Balaban J connectivity index is 1.94. The first-order chi connectivity index (χ1) is 15.1. The molecule has 0 aliphatic heterocycles. The van der Waals surface area contributed by atoms with Gasteiger partial charge in [0.15, 0.2) is 0 Å². The molecule has 0 spiro atoms. The fourth-order valence-electron chi connectivity index (χ4n) is 3.45. The molecular formula is C25H26N2O3S. The summed E-state index contributed by atoms with van der Waals surface area (Å²) in [7, 11) is 3.06. The summed E-state index contributed by atoms with van der Waals surface area (Å²) in [5, 5.41) is 2.12. The highest BCUT2D eigenvalue weighted by molar-refractivity contribution is 8.00. The quantitative estimate of drug-likeness (QED) is 0.278. The Hall–Kier alpha value is -3.30. The minimum absolute atomic E-state index is 0.103. The first-order valence-electron chi connectivity index (χ1n) is 9.93. The maximum Gasteiger partial charge on any atom is 0.307 e. The molecule has 160 valence electrons. The van der Waals surface area contributed by atoms with E-state index in [-0.39, 0.29) is 18.4 Å². The van der Waals surface area contributed by atoms with Crippen LogP contribution in [0.15, 0.2) is 65.6 Å². The van der Waals surface area contributed by atoms with Crippen molar-refractivity contribution in [1.29, 1.82) is 0 Å². The van der Waals surface area contributed by atoms with Gasteiger partial charge in [-0.15, -0.1) is 6.42 Å². The smallest absolute Gasteiger partial charge is 0.307 e. The third-order valence-electron chi connectivity index (χ3n) is 5.03. The van der Waals surface area contributed by atoms with Crippen molar-refractivity contribution >= 4 is 40.1 Å². The molecule has 3 rings (SSSR count). The van der Waals surface area contributed by atoms with Crippen molar-refractivity contribution in [3.8, 4) is 18.1 Å². The predicted octanol–water partition coefficient (Wildman–Crippen LogP) is 5.36. The molecule has 0 amide bonds. The van der Waals surface area contributed by atoms with Crippen LogP contribution in [0.5, 0.6) is 5.75 Å². The number of hydrogen-bond donors (Lipinski definition) is 1. The molecule has 1 N–H and O–H groups in total. The fourth-order valence-corrected chi connectivity index (χ4v) is 4.24. The van der Waals surface area contributed by atoms with Crippen LogP contribution >= 0.6 is 11.9 Å². The van der Waals surface area contributed by atoms with Crippen LogP contribution in [-0.2, 0) is 9.53 Å². The third-order valence-corrected chi connectivity index (χ3v) is 5.91. The normalized spacial score (nSPS) is 11.4. The number of methoxy groups -OCH3 is 2. The van der Waals surface area contributed by atoms with Gasteiger partial charge in [-0.25, -0.2) is 0 Å². The third kappa shape index (κ3) is 5.25. The molecule has 0 aromatic heterocycles. The molecule has 3 aromatic rings. The van der Waals surface area contributed by atoms with Crippen molar-refractivity contribution in [2.75, 3.05) is 30.4 Å². The summed E-state index contributed by atoms with van der Waals surface area (Å²) in [5.41, 5.74) is 1.97. The summed E-state index contributed by atoms with van der Waals surface area (Å²) < 4.78 is 13.7. The number of para-hydroxylation sites is 1. The molecule has 0 radical (unpaired) electrons. The molecule has 1 atom stereocenters. The van der Waals surface area contributed by atoms with Crippen LogP contribution in [0, 0.1) is 12.3 Å². The van der Waals surface area contributed by atoms with E-state index in [1.54, 1.807) is 7.11 Å². The van der Waals surface area contributed by atoms with Crippen LogP contribution in [0.4, 0.5) is 11.4 Å². The van der Waals surface area contributed by atoms with Crippen LogP contribution in [0.25, 0.3) is 10.8 Å². The molecule has 31 heavy (non-hydrogen) atoms. The van der Waals surface area contributed by atoms with Gasteiger partial charge < -0.3 is 19.1 Å². The van der Waals surface area contributed by atoms with Gasteiger partial charge in [-0.2, -0.15) is 0 Å². The number of nitrogens with zero attached hydrogens (tertiary/aromatic N) is 1. The van der Waals surface area contributed by atoms with Gasteiger partial charge in [0, 0.05) is 22.5 Å². The second kappa shape index (κ2) is 10.6. The number of esters is 1. The number of rotatable bonds is 9. The molecule has 0 aliphatic carbocycles. The Labute approximate surface area is 187 Å². The van der Waals surface area contributed by atoms with Crippen molar-refractivity contribution in [2.45, 2.75) is 24.3 Å². The number of nitrogens with one attached hydrogen (secondary N) is 1. The average Bonchev–Trinajstić information content (AvgIpc) is 2.81. The molecule has 3 aromatic carbocycles. The van der Waals surface area contributed by atoms with Crippen LogP contribution < -0.4 is 14.4 Å². The molecule has 0 saturated heterocycles. The summed E-state index contributed by atoms with van der Waals surface area (Å²) in [6.07, 6.45) is 5.91. The number of fused-ring (bicyclic) bond motifs is 1. The summed E-state index contributed by atoms with van der Waals surface area (Å²) in [5.74, 6) is 3.28. The van der Waals surface area contributed by atoms with Gasteiger partial charge in [-0.1, -0.05) is 42.3 Å². The van der Waals surface area contributed by atoms with Crippen molar-refractivity contribution in [3.05, 3.63) is 60.7 Å². The highest BCUT2D eigenvalue weighted by atomic mass is 32.2. The Morgan fingerprint density at radius 1 is 1.10 bits per heavy atom. The molecule has 0 fully saturated rings. The average molecular weight is 435 g/mol. The Morgan fingerprint density at radius 3 is 2.52 bits per heavy atom. The van der Waals surface area contributed by atoms with Gasteiger partial charge in [0.25, 0.3) is 0 Å². The number of anilines is 2. The molecule has 0 unspecified atom stereocenters. The first-order valence-corrected chi connectivity index (χ1v) is 10.7. The van der Waals surface area contributed by atoms with E-state index in [0.717, 1.165) is 32.8 Å². The van der Waals surface area contributed by atoms with E-state index in [0.29, 0.717) is 6.54 Å². The van der Waals surface area contributed by atoms with E-state index in [1.807, 2.05) is 55.5 Å². The lowest BCUT2D eigenvalue weighted by Gasteiger charge is -2.30. The lowest BCUT2D eigenvalue weighted by atomic mass is 10.0. The number of benzene rings is 3.